The first kappa shape index (κ1) is 23.5. The molecule has 0 radical (unpaired) electrons. The van der Waals surface area contributed by atoms with E-state index in [1.807, 2.05) is 43.5 Å². The van der Waals surface area contributed by atoms with E-state index >= 15 is 0 Å². The first-order valence-corrected chi connectivity index (χ1v) is 13.3. The minimum absolute atomic E-state index is 0.217. The highest BCUT2D eigenvalue weighted by molar-refractivity contribution is 7.98. The topological polar surface area (TPSA) is 66.5 Å². The SMILES string of the molecule is CCN(CC)S(=O)(=O)c1cc(NC(=O)c2ccccc2SCc2cccs2)ccc1C. The number of aryl methyl sites for hydroxylation is 1. The van der Waals surface area contributed by atoms with Gasteiger partial charge in [0.15, 0.2) is 0 Å². The highest BCUT2D eigenvalue weighted by Crippen LogP contribution is 2.29. The fraction of sp³-hybridized carbons (Fsp3) is 0.261. The van der Waals surface area contributed by atoms with Crippen molar-refractivity contribution in [3.05, 3.63) is 76.0 Å². The molecule has 1 aromatic heterocycles. The van der Waals surface area contributed by atoms with Crippen molar-refractivity contribution in [3.8, 4) is 0 Å². The average molecular weight is 475 g/mol. The van der Waals surface area contributed by atoms with Gasteiger partial charge in [0, 0.05) is 34.3 Å². The van der Waals surface area contributed by atoms with Crippen LogP contribution in [0.3, 0.4) is 0 Å². The number of hydrogen-bond acceptors (Lipinski definition) is 5. The van der Waals surface area contributed by atoms with Crippen molar-refractivity contribution in [1.82, 2.24) is 4.31 Å². The number of carbonyl (C=O) groups is 1. The standard InChI is InChI=1S/C23H26N2O3S3/c1-4-25(5-2)31(27,28)22-15-18(13-12-17(22)3)24-23(26)20-10-6-7-11-21(20)30-16-19-9-8-14-29-19/h6-15H,4-5,16H2,1-3H3,(H,24,26). The van der Waals surface area contributed by atoms with E-state index in [4.69, 9.17) is 0 Å². The van der Waals surface area contributed by atoms with Crippen molar-refractivity contribution in [3.63, 3.8) is 0 Å². The number of benzene rings is 2. The third-order valence-electron chi connectivity index (χ3n) is 4.85. The van der Waals surface area contributed by atoms with Crippen LogP contribution in [0.5, 0.6) is 0 Å². The minimum Gasteiger partial charge on any atom is -0.322 e. The van der Waals surface area contributed by atoms with E-state index in [1.165, 1.54) is 9.18 Å². The number of nitrogens with zero attached hydrogens (tertiary/aromatic N) is 1. The zero-order valence-corrected chi connectivity index (χ0v) is 20.2. The van der Waals surface area contributed by atoms with Gasteiger partial charge in [0.25, 0.3) is 5.91 Å². The van der Waals surface area contributed by atoms with Crippen LogP contribution in [-0.4, -0.2) is 31.7 Å². The molecule has 0 aliphatic carbocycles. The maximum absolute atomic E-state index is 13.0. The van der Waals surface area contributed by atoms with Gasteiger partial charge in [0.2, 0.25) is 10.0 Å². The molecule has 0 fully saturated rings. The number of sulfonamides is 1. The molecule has 1 heterocycles. The summed E-state index contributed by atoms with van der Waals surface area (Å²) in [5.74, 6) is 0.531. The van der Waals surface area contributed by atoms with E-state index < -0.39 is 10.0 Å². The molecule has 164 valence electrons. The Morgan fingerprint density at radius 3 is 2.48 bits per heavy atom. The minimum atomic E-state index is -3.62. The summed E-state index contributed by atoms with van der Waals surface area (Å²) < 4.78 is 27.4. The Labute approximate surface area is 192 Å². The third kappa shape index (κ3) is 5.57. The Morgan fingerprint density at radius 1 is 1.06 bits per heavy atom. The van der Waals surface area contributed by atoms with Crippen LogP contribution in [0.15, 0.2) is 69.8 Å². The van der Waals surface area contributed by atoms with Gasteiger partial charge in [-0.1, -0.05) is 38.1 Å². The van der Waals surface area contributed by atoms with Gasteiger partial charge in [-0.05, 0) is 48.2 Å². The van der Waals surface area contributed by atoms with Crippen molar-refractivity contribution in [2.75, 3.05) is 18.4 Å². The summed E-state index contributed by atoms with van der Waals surface area (Å²) in [5.41, 5.74) is 1.67. The van der Waals surface area contributed by atoms with E-state index in [-0.39, 0.29) is 10.8 Å². The molecular formula is C23H26N2O3S3. The van der Waals surface area contributed by atoms with Crippen molar-refractivity contribution >= 4 is 44.7 Å². The van der Waals surface area contributed by atoms with Crippen molar-refractivity contribution in [2.45, 2.75) is 36.3 Å². The van der Waals surface area contributed by atoms with Crippen LogP contribution in [0, 0.1) is 6.92 Å². The van der Waals surface area contributed by atoms with E-state index in [9.17, 15) is 13.2 Å². The van der Waals surface area contributed by atoms with Crippen LogP contribution in [0.2, 0.25) is 0 Å². The molecule has 31 heavy (non-hydrogen) atoms. The molecular weight excluding hydrogens is 448 g/mol. The van der Waals surface area contributed by atoms with Crippen LogP contribution < -0.4 is 5.32 Å². The molecule has 8 heteroatoms. The molecule has 0 atom stereocenters. The second kappa shape index (κ2) is 10.5. The number of thiophene rings is 1. The average Bonchev–Trinajstić information content (AvgIpc) is 3.28. The van der Waals surface area contributed by atoms with Gasteiger partial charge in [-0.25, -0.2) is 8.42 Å². The quantitative estimate of drug-likeness (QED) is 0.408. The molecule has 1 N–H and O–H groups in total. The summed E-state index contributed by atoms with van der Waals surface area (Å²) in [6.07, 6.45) is 0. The molecule has 1 amide bonds. The zero-order valence-electron chi connectivity index (χ0n) is 17.8. The van der Waals surface area contributed by atoms with Crippen molar-refractivity contribution < 1.29 is 13.2 Å². The molecule has 3 rings (SSSR count). The summed E-state index contributed by atoms with van der Waals surface area (Å²) in [6, 6.07) is 16.5. The lowest BCUT2D eigenvalue weighted by molar-refractivity contribution is 0.102. The molecule has 0 spiro atoms. The van der Waals surface area contributed by atoms with Gasteiger partial charge in [-0.3, -0.25) is 4.79 Å². The lowest BCUT2D eigenvalue weighted by Gasteiger charge is -2.20. The number of rotatable bonds is 9. The van der Waals surface area contributed by atoms with Crippen LogP contribution in [0.4, 0.5) is 5.69 Å². The first-order chi connectivity index (χ1) is 14.9. The second-order valence-corrected chi connectivity index (χ2v) is 10.8. The number of amides is 1. The summed E-state index contributed by atoms with van der Waals surface area (Å²) in [6.45, 7) is 6.17. The molecule has 0 saturated heterocycles. The maximum Gasteiger partial charge on any atom is 0.256 e. The highest BCUT2D eigenvalue weighted by atomic mass is 32.2. The normalized spacial score (nSPS) is 11.6. The van der Waals surface area contributed by atoms with Crippen LogP contribution >= 0.6 is 23.1 Å². The maximum atomic E-state index is 13.0. The Morgan fingerprint density at radius 2 is 1.81 bits per heavy atom. The molecule has 3 aromatic rings. The smallest absolute Gasteiger partial charge is 0.256 e. The fourth-order valence-corrected chi connectivity index (χ4v) is 6.71. The molecule has 0 unspecified atom stereocenters. The zero-order chi connectivity index (χ0) is 22.4. The fourth-order valence-electron chi connectivity index (χ4n) is 3.18. The number of carbonyl (C=O) groups excluding carboxylic acids is 1. The molecule has 5 nitrogen and oxygen atoms in total. The van der Waals surface area contributed by atoms with Gasteiger partial charge in [0.05, 0.1) is 10.5 Å². The van der Waals surface area contributed by atoms with Crippen LogP contribution in [0.1, 0.15) is 34.6 Å². The molecule has 0 saturated carbocycles. The van der Waals surface area contributed by atoms with Gasteiger partial charge in [-0.2, -0.15) is 4.31 Å². The highest BCUT2D eigenvalue weighted by Gasteiger charge is 2.24. The predicted octanol–water partition coefficient (Wildman–Crippen LogP) is 5.63. The first-order valence-electron chi connectivity index (χ1n) is 10.0. The Hall–Kier alpha value is -2.13. The molecule has 0 bridgehead atoms. The van der Waals surface area contributed by atoms with Crippen LogP contribution in [-0.2, 0) is 15.8 Å². The number of hydrogen-bond donors (Lipinski definition) is 1. The largest absolute Gasteiger partial charge is 0.322 e. The summed E-state index contributed by atoms with van der Waals surface area (Å²) in [7, 11) is -3.62. The van der Waals surface area contributed by atoms with Crippen molar-refractivity contribution in [1.29, 1.82) is 0 Å². The lowest BCUT2D eigenvalue weighted by Crippen LogP contribution is -2.31. The predicted molar refractivity (Wildman–Crippen MR) is 130 cm³/mol. The summed E-state index contributed by atoms with van der Waals surface area (Å²) >= 11 is 3.30. The molecule has 0 aliphatic rings. The summed E-state index contributed by atoms with van der Waals surface area (Å²) in [5, 5.41) is 4.91. The Balaban J connectivity index is 1.83. The molecule has 0 aliphatic heterocycles. The van der Waals surface area contributed by atoms with E-state index in [0.717, 1.165) is 10.6 Å². The monoisotopic (exact) mass is 474 g/mol. The van der Waals surface area contributed by atoms with Crippen molar-refractivity contribution in [2.24, 2.45) is 0 Å². The Bertz CT molecular complexity index is 1140. The summed E-state index contributed by atoms with van der Waals surface area (Å²) in [4.78, 5) is 15.4. The number of anilines is 1. The van der Waals surface area contributed by atoms with E-state index in [1.54, 1.807) is 54.3 Å². The number of thioether (sulfide) groups is 1. The Kier molecular flexibility index (Phi) is 7.94. The van der Waals surface area contributed by atoms with Gasteiger partial charge in [-0.15, -0.1) is 23.1 Å². The third-order valence-corrected chi connectivity index (χ3v) is 9.22. The van der Waals surface area contributed by atoms with Gasteiger partial charge < -0.3 is 5.32 Å². The molecule has 2 aromatic carbocycles. The van der Waals surface area contributed by atoms with Gasteiger partial charge in [0.1, 0.15) is 0 Å². The van der Waals surface area contributed by atoms with E-state index in [2.05, 4.69) is 11.4 Å². The van der Waals surface area contributed by atoms with E-state index in [0.29, 0.717) is 29.9 Å². The number of nitrogens with one attached hydrogen (secondary N) is 1. The van der Waals surface area contributed by atoms with Crippen LogP contribution in [0.25, 0.3) is 0 Å². The second-order valence-electron chi connectivity index (χ2n) is 6.89. The van der Waals surface area contributed by atoms with Gasteiger partial charge >= 0.3 is 0 Å². The lowest BCUT2D eigenvalue weighted by atomic mass is 10.2.